The molecule has 1 aliphatic rings. The average Bonchev–Trinajstić information content (AvgIpc) is 2.15. The van der Waals surface area contributed by atoms with E-state index in [0.717, 1.165) is 12.8 Å². The van der Waals surface area contributed by atoms with E-state index in [1.54, 1.807) is 0 Å². The number of hydrogen-bond donors (Lipinski definition) is 1. The second kappa shape index (κ2) is 5.33. The van der Waals surface area contributed by atoms with Gasteiger partial charge in [0.2, 0.25) is 0 Å². The second-order valence-corrected chi connectivity index (χ2v) is 4.76. The molecule has 0 aliphatic carbocycles. The van der Waals surface area contributed by atoms with Gasteiger partial charge in [0.1, 0.15) is 0 Å². The molecule has 1 fully saturated rings. The third-order valence-corrected chi connectivity index (χ3v) is 2.82. The highest BCUT2D eigenvalue weighted by Gasteiger charge is 2.32. The molecule has 1 unspecified atom stereocenters. The molecule has 0 amide bonds. The Morgan fingerprint density at radius 2 is 2.38 bits per heavy atom. The molecule has 0 radical (unpaired) electrons. The molecule has 0 aromatic carbocycles. The van der Waals surface area contributed by atoms with Crippen molar-refractivity contribution >= 4 is 5.97 Å². The van der Waals surface area contributed by atoms with Crippen LogP contribution in [0.4, 0.5) is 0 Å². The monoisotopic (exact) mass is 225 g/mol. The second-order valence-electron chi connectivity index (χ2n) is 4.76. The molecule has 4 heteroatoms. The van der Waals surface area contributed by atoms with Crippen molar-refractivity contribution in [1.29, 1.82) is 0 Å². The maximum Gasteiger partial charge on any atom is 0.317 e. The van der Waals surface area contributed by atoms with E-state index in [1.807, 2.05) is 18.7 Å². The fourth-order valence-corrected chi connectivity index (χ4v) is 2.12. The van der Waals surface area contributed by atoms with E-state index in [2.05, 4.69) is 5.92 Å². The average molecular weight is 225 g/mol. The Balaban J connectivity index is 2.63. The molecule has 1 saturated heterocycles. The minimum atomic E-state index is -0.834. The van der Waals surface area contributed by atoms with Gasteiger partial charge in [-0.2, -0.15) is 0 Å². The zero-order valence-electron chi connectivity index (χ0n) is 9.90. The molecule has 1 N–H and O–H groups in total. The first-order valence-corrected chi connectivity index (χ1v) is 5.48. The molecule has 0 aromatic rings. The molecule has 1 aliphatic heterocycles. The summed E-state index contributed by atoms with van der Waals surface area (Å²) in [6, 6.07) is 0.205. The number of hydrogen-bond acceptors (Lipinski definition) is 3. The first kappa shape index (κ1) is 13.0. The predicted octanol–water partition coefficient (Wildman–Crippen LogP) is 0.964. The lowest BCUT2D eigenvalue weighted by molar-refractivity contribution is -0.140. The van der Waals surface area contributed by atoms with E-state index in [4.69, 9.17) is 16.3 Å². The van der Waals surface area contributed by atoms with E-state index in [1.165, 1.54) is 0 Å². The summed E-state index contributed by atoms with van der Waals surface area (Å²) in [5.74, 6) is 1.69. The van der Waals surface area contributed by atoms with Gasteiger partial charge in [0.05, 0.1) is 18.7 Å². The number of ether oxygens (including phenoxy) is 1. The van der Waals surface area contributed by atoms with Crippen LogP contribution in [-0.4, -0.2) is 47.3 Å². The van der Waals surface area contributed by atoms with E-state index in [9.17, 15) is 4.79 Å². The molecule has 1 heterocycles. The number of terminal acetylenes is 1. The van der Waals surface area contributed by atoms with Gasteiger partial charge in [-0.1, -0.05) is 5.92 Å². The summed E-state index contributed by atoms with van der Waals surface area (Å²) >= 11 is 0. The van der Waals surface area contributed by atoms with E-state index >= 15 is 0 Å². The number of carboxylic acid groups (broad SMARTS) is 1. The summed E-state index contributed by atoms with van der Waals surface area (Å²) in [5, 5.41) is 8.83. The highest BCUT2D eigenvalue weighted by molar-refractivity contribution is 5.69. The number of nitrogens with zero attached hydrogens (tertiary/aromatic N) is 1. The highest BCUT2D eigenvalue weighted by Crippen LogP contribution is 2.27. The number of carboxylic acids is 1. The smallest absolute Gasteiger partial charge is 0.317 e. The molecular formula is C12H19NO3. The summed E-state index contributed by atoms with van der Waals surface area (Å²) < 4.78 is 5.60. The third kappa shape index (κ3) is 3.84. The van der Waals surface area contributed by atoms with Crippen LogP contribution in [0.25, 0.3) is 0 Å². The van der Waals surface area contributed by atoms with E-state index in [0.29, 0.717) is 13.2 Å². The van der Waals surface area contributed by atoms with Crippen LogP contribution < -0.4 is 0 Å². The first-order chi connectivity index (χ1) is 7.44. The largest absolute Gasteiger partial charge is 0.480 e. The molecule has 0 bridgehead atoms. The lowest BCUT2D eigenvalue weighted by Gasteiger charge is -2.40. The van der Waals surface area contributed by atoms with Gasteiger partial charge in [-0.15, -0.1) is 6.42 Å². The Bertz CT molecular complexity index is 293. The molecule has 1 rings (SSSR count). The SMILES string of the molecule is C#CCN(CC(=O)O)C1CCOC(C)(C)C1. The summed E-state index contributed by atoms with van der Waals surface area (Å²) in [6.07, 6.45) is 6.93. The Morgan fingerprint density at radius 3 is 2.88 bits per heavy atom. The van der Waals surface area contributed by atoms with Crippen LogP contribution in [0.2, 0.25) is 0 Å². The van der Waals surface area contributed by atoms with E-state index < -0.39 is 5.97 Å². The fourth-order valence-electron chi connectivity index (χ4n) is 2.12. The minimum Gasteiger partial charge on any atom is -0.480 e. The Morgan fingerprint density at radius 1 is 1.69 bits per heavy atom. The van der Waals surface area contributed by atoms with Crippen molar-refractivity contribution in [2.75, 3.05) is 19.7 Å². The Hall–Kier alpha value is -1.05. The third-order valence-electron chi connectivity index (χ3n) is 2.82. The van der Waals surface area contributed by atoms with Gasteiger partial charge in [-0.25, -0.2) is 0 Å². The fraction of sp³-hybridized carbons (Fsp3) is 0.750. The summed E-state index contributed by atoms with van der Waals surface area (Å²) in [4.78, 5) is 12.6. The van der Waals surface area contributed by atoms with Crippen molar-refractivity contribution in [2.24, 2.45) is 0 Å². The van der Waals surface area contributed by atoms with Gasteiger partial charge in [0.25, 0.3) is 0 Å². The van der Waals surface area contributed by atoms with Crippen LogP contribution in [0.3, 0.4) is 0 Å². The molecular weight excluding hydrogens is 206 g/mol. The standard InChI is InChI=1S/C12H19NO3/c1-4-6-13(9-11(14)15)10-5-7-16-12(2,3)8-10/h1,10H,5-9H2,2-3H3,(H,14,15). The van der Waals surface area contributed by atoms with Gasteiger partial charge < -0.3 is 9.84 Å². The maximum absolute atomic E-state index is 10.7. The van der Waals surface area contributed by atoms with Crippen molar-refractivity contribution in [3.05, 3.63) is 0 Å². The minimum absolute atomic E-state index is 0.00491. The predicted molar refractivity (Wildman–Crippen MR) is 61.1 cm³/mol. The normalized spacial score (nSPS) is 24.0. The van der Waals surface area contributed by atoms with Crippen LogP contribution in [0.1, 0.15) is 26.7 Å². The van der Waals surface area contributed by atoms with Gasteiger partial charge in [0.15, 0.2) is 0 Å². The lowest BCUT2D eigenvalue weighted by Crippen LogP contribution is -2.47. The first-order valence-electron chi connectivity index (χ1n) is 5.48. The van der Waals surface area contributed by atoms with Crippen molar-refractivity contribution in [2.45, 2.75) is 38.3 Å². The molecule has 0 spiro atoms. The van der Waals surface area contributed by atoms with Crippen molar-refractivity contribution in [3.63, 3.8) is 0 Å². The Kier molecular flexibility index (Phi) is 4.34. The summed E-state index contributed by atoms with van der Waals surface area (Å²) in [7, 11) is 0. The number of aliphatic carboxylic acids is 1. The quantitative estimate of drug-likeness (QED) is 0.724. The van der Waals surface area contributed by atoms with Crippen molar-refractivity contribution in [1.82, 2.24) is 4.90 Å². The highest BCUT2D eigenvalue weighted by atomic mass is 16.5. The van der Waals surface area contributed by atoms with Crippen molar-refractivity contribution in [3.8, 4) is 12.3 Å². The van der Waals surface area contributed by atoms with Crippen LogP contribution in [0, 0.1) is 12.3 Å². The Labute approximate surface area is 96.6 Å². The van der Waals surface area contributed by atoms with Gasteiger partial charge in [-0.3, -0.25) is 9.69 Å². The molecule has 16 heavy (non-hydrogen) atoms. The summed E-state index contributed by atoms with van der Waals surface area (Å²) in [5.41, 5.74) is -0.186. The zero-order chi connectivity index (χ0) is 12.2. The number of rotatable bonds is 4. The van der Waals surface area contributed by atoms with Crippen LogP contribution >= 0.6 is 0 Å². The van der Waals surface area contributed by atoms with Crippen LogP contribution in [-0.2, 0) is 9.53 Å². The molecule has 0 aromatic heterocycles. The van der Waals surface area contributed by atoms with Gasteiger partial charge in [0, 0.05) is 12.6 Å². The molecule has 90 valence electrons. The molecule has 1 atom stereocenters. The van der Waals surface area contributed by atoms with Gasteiger partial charge >= 0.3 is 5.97 Å². The summed E-state index contributed by atoms with van der Waals surface area (Å²) in [6.45, 7) is 5.10. The maximum atomic E-state index is 10.7. The lowest BCUT2D eigenvalue weighted by atomic mass is 9.93. The molecule has 0 saturated carbocycles. The van der Waals surface area contributed by atoms with Crippen LogP contribution in [0.15, 0.2) is 0 Å². The topological polar surface area (TPSA) is 49.8 Å². The van der Waals surface area contributed by atoms with Crippen LogP contribution in [0.5, 0.6) is 0 Å². The van der Waals surface area contributed by atoms with Gasteiger partial charge in [-0.05, 0) is 26.7 Å². The van der Waals surface area contributed by atoms with Crippen molar-refractivity contribution < 1.29 is 14.6 Å². The zero-order valence-corrected chi connectivity index (χ0v) is 9.90. The molecule has 4 nitrogen and oxygen atoms in total. The number of carbonyl (C=O) groups is 1. The van der Waals surface area contributed by atoms with E-state index in [-0.39, 0.29) is 18.2 Å².